The van der Waals surface area contributed by atoms with E-state index in [2.05, 4.69) is 19.9 Å². The van der Waals surface area contributed by atoms with Crippen LogP contribution in [0.25, 0.3) is 11.2 Å². The number of imidazole rings is 1. The molecule has 3 heterocycles. The Morgan fingerprint density at radius 1 is 1.14 bits per heavy atom. The van der Waals surface area contributed by atoms with E-state index in [-0.39, 0.29) is 24.5 Å². The first-order valence-corrected chi connectivity index (χ1v) is 11.8. The lowest BCUT2D eigenvalue weighted by Gasteiger charge is -2.22. The van der Waals surface area contributed by atoms with Gasteiger partial charge in [-0.1, -0.05) is 0 Å². The maximum atomic E-state index is 12.8. The molecule has 2 aromatic heterocycles. The third-order valence-corrected chi connectivity index (χ3v) is 6.33. The van der Waals surface area contributed by atoms with Crippen LogP contribution in [-0.4, -0.2) is 57.8 Å². The number of nitrogens with zero attached hydrogens (tertiary/aromatic N) is 5. The van der Waals surface area contributed by atoms with Gasteiger partial charge in [0.1, 0.15) is 11.9 Å². The molecule has 162 valence electrons. The van der Waals surface area contributed by atoms with E-state index < -0.39 is 7.60 Å². The molecule has 10 nitrogen and oxygen atoms in total. The number of aromatic nitrogens is 4. The number of nitrogens with two attached hydrogens (primary N) is 1. The first-order chi connectivity index (χ1) is 13.8. The third-order valence-electron chi connectivity index (χ3n) is 4.35. The van der Waals surface area contributed by atoms with Crippen molar-refractivity contribution in [1.82, 2.24) is 19.5 Å². The number of rotatable bonds is 10. The summed E-state index contributed by atoms with van der Waals surface area (Å²) in [4.78, 5) is 15.3. The molecule has 1 aliphatic heterocycles. The van der Waals surface area contributed by atoms with Crippen LogP contribution >= 0.6 is 7.60 Å². The summed E-state index contributed by atoms with van der Waals surface area (Å²) >= 11 is 0. The van der Waals surface area contributed by atoms with Crippen LogP contribution in [0.2, 0.25) is 0 Å². The van der Waals surface area contributed by atoms with Crippen LogP contribution in [0.4, 0.5) is 11.8 Å². The number of hydrogen-bond donors (Lipinski definition) is 1. The van der Waals surface area contributed by atoms with Gasteiger partial charge in [0.2, 0.25) is 5.95 Å². The Kier molecular flexibility index (Phi) is 7.10. The fourth-order valence-electron chi connectivity index (χ4n) is 3.36. The first kappa shape index (κ1) is 22.0. The van der Waals surface area contributed by atoms with Crippen LogP contribution in [-0.2, 0) is 24.9 Å². The van der Waals surface area contributed by atoms with Gasteiger partial charge >= 0.3 is 7.60 Å². The maximum Gasteiger partial charge on any atom is 0.356 e. The molecule has 2 aromatic rings. The van der Waals surface area contributed by atoms with Crippen LogP contribution in [0.3, 0.4) is 0 Å². The zero-order valence-corrected chi connectivity index (χ0v) is 18.5. The molecule has 1 saturated heterocycles. The Balaban J connectivity index is 1.68. The van der Waals surface area contributed by atoms with Crippen molar-refractivity contribution < 1.29 is 18.3 Å². The minimum absolute atomic E-state index is 0.0988. The molecule has 0 radical (unpaired) electrons. The van der Waals surface area contributed by atoms with Gasteiger partial charge in [-0.2, -0.15) is 9.97 Å². The first-order valence-electron chi connectivity index (χ1n) is 10.0. The standard InChI is InChI=1S/C18H31N6O4P/c1-13(2)27-29(25,28-14(3)4)12-26-10-9-24-11-20-16-15(24)17(22-18(19)21-16)23-7-5-6-8-23/h11,13-14H,5-10,12H2,1-4H3,(H2,19,21,22). The fraction of sp³-hybridized carbons (Fsp3) is 0.722. The quantitative estimate of drug-likeness (QED) is 0.452. The van der Waals surface area contributed by atoms with Gasteiger partial charge in [-0.15, -0.1) is 0 Å². The molecule has 11 heteroatoms. The fourth-order valence-corrected chi connectivity index (χ4v) is 5.17. The SMILES string of the molecule is CC(C)OP(=O)(COCCn1cnc2nc(N)nc(N3CCCC3)c21)OC(C)C. The summed E-state index contributed by atoms with van der Waals surface area (Å²) < 4.78 is 31.5. The van der Waals surface area contributed by atoms with Gasteiger partial charge in [0, 0.05) is 19.6 Å². The van der Waals surface area contributed by atoms with Crippen LogP contribution in [0, 0.1) is 0 Å². The highest BCUT2D eigenvalue weighted by atomic mass is 31.2. The van der Waals surface area contributed by atoms with Crippen molar-refractivity contribution in [2.24, 2.45) is 0 Å². The molecule has 1 aliphatic rings. The molecule has 0 saturated carbocycles. The van der Waals surface area contributed by atoms with Gasteiger partial charge in [0.15, 0.2) is 11.5 Å². The number of fused-ring (bicyclic) bond motifs is 1. The Morgan fingerprint density at radius 3 is 2.41 bits per heavy atom. The summed E-state index contributed by atoms with van der Waals surface area (Å²) in [5.74, 6) is 1.03. The number of nitrogen functional groups attached to an aromatic ring is 1. The summed E-state index contributed by atoms with van der Waals surface area (Å²) in [5, 5.41) is 0. The molecule has 0 spiro atoms. The third kappa shape index (κ3) is 5.66. The predicted molar refractivity (Wildman–Crippen MR) is 112 cm³/mol. The zero-order chi connectivity index (χ0) is 21.0. The van der Waals surface area contributed by atoms with Gasteiger partial charge in [0.05, 0.1) is 25.1 Å². The lowest BCUT2D eigenvalue weighted by molar-refractivity contribution is 0.0961. The molecule has 0 bridgehead atoms. The highest BCUT2D eigenvalue weighted by Gasteiger charge is 2.28. The summed E-state index contributed by atoms with van der Waals surface area (Å²) in [6.45, 7) is 9.99. The van der Waals surface area contributed by atoms with Crippen LogP contribution < -0.4 is 10.6 Å². The largest absolute Gasteiger partial charge is 0.368 e. The zero-order valence-electron chi connectivity index (χ0n) is 17.6. The summed E-state index contributed by atoms with van der Waals surface area (Å²) in [5.41, 5.74) is 7.27. The van der Waals surface area contributed by atoms with E-state index >= 15 is 0 Å². The highest BCUT2D eigenvalue weighted by Crippen LogP contribution is 2.50. The Morgan fingerprint density at radius 2 is 1.79 bits per heavy atom. The second-order valence-electron chi connectivity index (χ2n) is 7.67. The average Bonchev–Trinajstić information content (AvgIpc) is 3.26. The second kappa shape index (κ2) is 9.38. The molecule has 29 heavy (non-hydrogen) atoms. The highest BCUT2D eigenvalue weighted by molar-refractivity contribution is 7.53. The van der Waals surface area contributed by atoms with E-state index in [0.717, 1.165) is 37.3 Å². The van der Waals surface area contributed by atoms with E-state index in [1.807, 2.05) is 32.3 Å². The van der Waals surface area contributed by atoms with E-state index in [1.165, 1.54) is 0 Å². The normalized spacial score (nSPS) is 15.3. The number of hydrogen-bond acceptors (Lipinski definition) is 9. The second-order valence-corrected chi connectivity index (χ2v) is 9.57. The molecule has 0 amide bonds. The average molecular weight is 426 g/mol. The summed E-state index contributed by atoms with van der Waals surface area (Å²) in [6.07, 6.45) is 3.43. The van der Waals surface area contributed by atoms with Crippen molar-refractivity contribution >= 4 is 30.5 Å². The van der Waals surface area contributed by atoms with E-state index in [0.29, 0.717) is 18.8 Å². The Labute approximate surface area is 171 Å². The van der Waals surface area contributed by atoms with Crippen LogP contribution in [0.1, 0.15) is 40.5 Å². The van der Waals surface area contributed by atoms with Crippen molar-refractivity contribution in [1.29, 1.82) is 0 Å². The Hall–Kier alpha value is -1.74. The smallest absolute Gasteiger partial charge is 0.356 e. The molecular formula is C18H31N6O4P. The van der Waals surface area contributed by atoms with E-state index in [4.69, 9.17) is 19.5 Å². The molecule has 0 aromatic carbocycles. The topological polar surface area (TPSA) is 118 Å². The number of anilines is 2. The molecular weight excluding hydrogens is 395 g/mol. The van der Waals surface area contributed by atoms with Gasteiger partial charge in [-0.25, -0.2) is 4.98 Å². The predicted octanol–water partition coefficient (Wildman–Crippen LogP) is 3.03. The summed E-state index contributed by atoms with van der Waals surface area (Å²) in [7, 11) is -3.32. The van der Waals surface area contributed by atoms with Crippen molar-refractivity contribution in [3.63, 3.8) is 0 Å². The van der Waals surface area contributed by atoms with Gasteiger partial charge < -0.3 is 29.0 Å². The van der Waals surface area contributed by atoms with E-state index in [1.54, 1.807) is 6.33 Å². The lowest BCUT2D eigenvalue weighted by Crippen LogP contribution is -2.21. The monoisotopic (exact) mass is 426 g/mol. The minimum atomic E-state index is -3.32. The maximum absolute atomic E-state index is 12.8. The van der Waals surface area contributed by atoms with Crippen molar-refractivity contribution in [2.45, 2.75) is 59.3 Å². The van der Waals surface area contributed by atoms with Gasteiger partial charge in [-0.3, -0.25) is 4.57 Å². The van der Waals surface area contributed by atoms with Crippen molar-refractivity contribution in [3.05, 3.63) is 6.33 Å². The van der Waals surface area contributed by atoms with Crippen LogP contribution in [0.15, 0.2) is 6.33 Å². The van der Waals surface area contributed by atoms with Gasteiger partial charge in [-0.05, 0) is 40.5 Å². The molecule has 3 rings (SSSR count). The van der Waals surface area contributed by atoms with Gasteiger partial charge in [0.25, 0.3) is 0 Å². The molecule has 0 unspecified atom stereocenters. The number of ether oxygens (including phenoxy) is 1. The molecule has 0 atom stereocenters. The summed E-state index contributed by atoms with van der Waals surface area (Å²) in [6, 6.07) is 0. The Bertz CT molecular complexity index is 851. The van der Waals surface area contributed by atoms with Crippen molar-refractivity contribution in [2.75, 3.05) is 36.7 Å². The lowest BCUT2D eigenvalue weighted by atomic mass is 10.4. The van der Waals surface area contributed by atoms with E-state index in [9.17, 15) is 4.57 Å². The molecule has 1 fully saturated rings. The minimum Gasteiger partial charge on any atom is -0.368 e. The molecule has 0 aliphatic carbocycles. The van der Waals surface area contributed by atoms with Crippen molar-refractivity contribution in [3.8, 4) is 0 Å². The van der Waals surface area contributed by atoms with Crippen LogP contribution in [0.5, 0.6) is 0 Å². The molecule has 2 N–H and O–H groups in total.